The monoisotopic (exact) mass is 383 g/mol. The second-order valence-electron chi connectivity index (χ2n) is 7.29. The van der Waals surface area contributed by atoms with Crippen molar-refractivity contribution < 1.29 is 4.79 Å². The topological polar surface area (TPSA) is 60.1 Å². The molecule has 1 heterocycles. The number of carbonyl (C=O) groups is 1. The quantitative estimate of drug-likeness (QED) is 0.295. The van der Waals surface area contributed by atoms with Crippen LogP contribution in [0.1, 0.15) is 16.8 Å². The summed E-state index contributed by atoms with van der Waals surface area (Å²) in [7, 11) is 0. The summed E-state index contributed by atoms with van der Waals surface area (Å²) in [5.41, 5.74) is 9.19. The van der Waals surface area contributed by atoms with Crippen molar-refractivity contribution in [1.82, 2.24) is 9.99 Å². The van der Waals surface area contributed by atoms with Crippen LogP contribution in [0.4, 0.5) is 0 Å². The molecule has 0 spiro atoms. The molecule has 29 heavy (non-hydrogen) atoms. The van der Waals surface area contributed by atoms with Gasteiger partial charge in [-0.1, -0.05) is 66.7 Å². The van der Waals surface area contributed by atoms with Crippen LogP contribution in [-0.4, -0.2) is 10.5 Å². The van der Waals surface area contributed by atoms with Crippen LogP contribution >= 0.6 is 0 Å². The Morgan fingerprint density at radius 1 is 0.931 bits per heavy atom. The van der Waals surface area contributed by atoms with Crippen LogP contribution in [0.2, 0.25) is 0 Å². The molecule has 3 aromatic carbocycles. The molecule has 4 nitrogen and oxygen atoms in total. The van der Waals surface area contributed by atoms with E-state index in [2.05, 4.69) is 71.5 Å². The van der Waals surface area contributed by atoms with Crippen molar-refractivity contribution >= 4 is 16.8 Å². The SMILES string of the molecule is Cc1c(CC(=O)NN)c2cc(-c3ccccc3)ccc2n1CCc1ccccc1. The fraction of sp³-hybridized carbons (Fsp3) is 0.160. The summed E-state index contributed by atoms with van der Waals surface area (Å²) < 4.78 is 2.32. The number of nitrogens with zero attached hydrogens (tertiary/aromatic N) is 1. The third-order valence-electron chi connectivity index (χ3n) is 5.53. The minimum absolute atomic E-state index is 0.180. The molecular weight excluding hydrogens is 358 g/mol. The number of nitrogens with two attached hydrogens (primary N) is 1. The van der Waals surface area contributed by atoms with Gasteiger partial charge in [0, 0.05) is 23.1 Å². The predicted molar refractivity (Wildman–Crippen MR) is 118 cm³/mol. The maximum Gasteiger partial charge on any atom is 0.238 e. The van der Waals surface area contributed by atoms with E-state index in [0.717, 1.165) is 40.7 Å². The molecule has 0 unspecified atom stereocenters. The molecule has 4 rings (SSSR count). The first-order chi connectivity index (χ1) is 14.2. The molecule has 0 aliphatic rings. The van der Waals surface area contributed by atoms with Crippen LogP contribution in [0.15, 0.2) is 78.9 Å². The van der Waals surface area contributed by atoms with Crippen LogP contribution in [-0.2, 0) is 24.2 Å². The van der Waals surface area contributed by atoms with Crippen LogP contribution in [0, 0.1) is 6.92 Å². The second-order valence-corrected chi connectivity index (χ2v) is 7.29. The van der Waals surface area contributed by atoms with E-state index in [0.29, 0.717) is 0 Å². The summed E-state index contributed by atoms with van der Waals surface area (Å²) in [6.07, 6.45) is 1.21. The highest BCUT2D eigenvalue weighted by Gasteiger charge is 2.17. The molecular formula is C25H25N3O. The Morgan fingerprint density at radius 2 is 1.62 bits per heavy atom. The number of hydrogen-bond donors (Lipinski definition) is 2. The smallest absolute Gasteiger partial charge is 0.238 e. The molecule has 1 aromatic heterocycles. The molecule has 0 atom stereocenters. The molecule has 4 heteroatoms. The Bertz CT molecular complexity index is 1130. The van der Waals surface area contributed by atoms with Crippen molar-refractivity contribution in [3.05, 3.63) is 95.7 Å². The number of aromatic nitrogens is 1. The molecule has 146 valence electrons. The fourth-order valence-electron chi connectivity index (χ4n) is 3.97. The second kappa shape index (κ2) is 8.33. The standard InChI is InChI=1S/C25H25N3O/c1-18-22(17-25(29)27-26)23-16-21(20-10-6-3-7-11-20)12-13-24(23)28(18)15-14-19-8-4-2-5-9-19/h2-13,16H,14-15,17,26H2,1H3,(H,27,29). The zero-order chi connectivity index (χ0) is 20.2. The summed E-state index contributed by atoms with van der Waals surface area (Å²) in [4.78, 5) is 12.1. The molecule has 4 aromatic rings. The summed E-state index contributed by atoms with van der Waals surface area (Å²) in [5.74, 6) is 5.19. The van der Waals surface area contributed by atoms with Crippen LogP contribution < -0.4 is 11.3 Å². The van der Waals surface area contributed by atoms with Crippen molar-refractivity contribution in [1.29, 1.82) is 0 Å². The van der Waals surface area contributed by atoms with Crippen LogP contribution in [0.3, 0.4) is 0 Å². The first-order valence-corrected chi connectivity index (χ1v) is 9.88. The zero-order valence-corrected chi connectivity index (χ0v) is 16.6. The minimum atomic E-state index is -0.180. The van der Waals surface area contributed by atoms with E-state index in [1.165, 1.54) is 11.1 Å². The first kappa shape index (κ1) is 19.0. The van der Waals surface area contributed by atoms with Gasteiger partial charge in [-0.2, -0.15) is 0 Å². The van der Waals surface area contributed by atoms with Gasteiger partial charge in [-0.15, -0.1) is 0 Å². The maximum atomic E-state index is 12.1. The number of nitrogens with one attached hydrogen (secondary N) is 1. The third-order valence-corrected chi connectivity index (χ3v) is 5.53. The number of aryl methyl sites for hydroxylation is 2. The number of carbonyl (C=O) groups excluding carboxylic acids is 1. The zero-order valence-electron chi connectivity index (χ0n) is 16.6. The molecule has 0 saturated carbocycles. The number of hydrazine groups is 1. The Kier molecular flexibility index (Phi) is 5.45. The molecule has 3 N–H and O–H groups in total. The Balaban J connectivity index is 1.78. The van der Waals surface area contributed by atoms with Crippen molar-refractivity contribution in [2.24, 2.45) is 5.84 Å². The van der Waals surface area contributed by atoms with Gasteiger partial charge in [0.25, 0.3) is 0 Å². The Hall–Kier alpha value is -3.37. The molecule has 1 amide bonds. The van der Waals surface area contributed by atoms with Gasteiger partial charge in [-0.05, 0) is 47.7 Å². The molecule has 0 aliphatic heterocycles. The van der Waals surface area contributed by atoms with Gasteiger partial charge in [0.15, 0.2) is 0 Å². The van der Waals surface area contributed by atoms with Gasteiger partial charge in [-0.25, -0.2) is 5.84 Å². The lowest BCUT2D eigenvalue weighted by atomic mass is 10.0. The highest BCUT2D eigenvalue weighted by Crippen LogP contribution is 2.31. The predicted octanol–water partition coefficient (Wildman–Crippen LogP) is 4.39. The third kappa shape index (κ3) is 3.93. The average molecular weight is 383 g/mol. The van der Waals surface area contributed by atoms with Crippen molar-refractivity contribution in [2.75, 3.05) is 0 Å². The van der Waals surface area contributed by atoms with E-state index < -0.39 is 0 Å². The lowest BCUT2D eigenvalue weighted by Gasteiger charge is -2.09. The van der Waals surface area contributed by atoms with E-state index in [-0.39, 0.29) is 12.3 Å². The van der Waals surface area contributed by atoms with Crippen molar-refractivity contribution in [3.63, 3.8) is 0 Å². The molecule has 0 saturated heterocycles. The highest BCUT2D eigenvalue weighted by molar-refractivity contribution is 5.93. The number of rotatable bonds is 6. The van der Waals surface area contributed by atoms with Crippen LogP contribution in [0.25, 0.3) is 22.0 Å². The van der Waals surface area contributed by atoms with Gasteiger partial charge >= 0.3 is 0 Å². The normalized spacial score (nSPS) is 11.0. The first-order valence-electron chi connectivity index (χ1n) is 9.88. The summed E-state index contributed by atoms with van der Waals surface area (Å²) in [5, 5.41) is 1.11. The Morgan fingerprint density at radius 3 is 2.31 bits per heavy atom. The largest absolute Gasteiger partial charge is 0.344 e. The molecule has 0 bridgehead atoms. The summed E-state index contributed by atoms with van der Waals surface area (Å²) in [6.45, 7) is 2.95. The molecule has 0 aliphatic carbocycles. The van der Waals surface area contributed by atoms with Gasteiger partial charge in [0.1, 0.15) is 0 Å². The highest BCUT2D eigenvalue weighted by atomic mass is 16.2. The van der Waals surface area contributed by atoms with E-state index in [1.54, 1.807) is 0 Å². The van der Waals surface area contributed by atoms with E-state index in [4.69, 9.17) is 5.84 Å². The van der Waals surface area contributed by atoms with E-state index in [1.807, 2.05) is 24.3 Å². The summed E-state index contributed by atoms with van der Waals surface area (Å²) >= 11 is 0. The Labute approximate surface area is 170 Å². The summed E-state index contributed by atoms with van der Waals surface area (Å²) in [6, 6.07) is 27.3. The number of hydrogen-bond acceptors (Lipinski definition) is 2. The van der Waals surface area contributed by atoms with Gasteiger partial charge in [0.2, 0.25) is 5.91 Å². The molecule has 0 fully saturated rings. The van der Waals surface area contributed by atoms with Gasteiger partial charge in [-0.3, -0.25) is 10.2 Å². The lowest BCUT2D eigenvalue weighted by molar-refractivity contribution is -0.120. The lowest BCUT2D eigenvalue weighted by Crippen LogP contribution is -2.31. The van der Waals surface area contributed by atoms with Gasteiger partial charge < -0.3 is 4.57 Å². The molecule has 0 radical (unpaired) electrons. The average Bonchev–Trinajstić information content (AvgIpc) is 3.03. The number of amides is 1. The van der Waals surface area contributed by atoms with Crippen molar-refractivity contribution in [2.45, 2.75) is 26.3 Å². The minimum Gasteiger partial charge on any atom is -0.344 e. The number of fused-ring (bicyclic) bond motifs is 1. The maximum absolute atomic E-state index is 12.1. The van der Waals surface area contributed by atoms with E-state index in [9.17, 15) is 4.79 Å². The van der Waals surface area contributed by atoms with Crippen molar-refractivity contribution in [3.8, 4) is 11.1 Å². The fourth-order valence-corrected chi connectivity index (χ4v) is 3.97. The van der Waals surface area contributed by atoms with Gasteiger partial charge in [0.05, 0.1) is 6.42 Å². The van der Waals surface area contributed by atoms with Crippen LogP contribution in [0.5, 0.6) is 0 Å². The van der Waals surface area contributed by atoms with E-state index >= 15 is 0 Å². The number of benzene rings is 3.